The summed E-state index contributed by atoms with van der Waals surface area (Å²) in [6, 6.07) is 15.7. The lowest BCUT2D eigenvalue weighted by atomic mass is 10.1. The van der Waals surface area contributed by atoms with Crippen molar-refractivity contribution in [2.75, 3.05) is 12.4 Å². The maximum absolute atomic E-state index is 10.9. The Balaban J connectivity index is 1.94. The van der Waals surface area contributed by atoms with E-state index in [9.17, 15) is 4.79 Å². The van der Waals surface area contributed by atoms with Crippen LogP contribution in [-0.4, -0.2) is 23.2 Å². The van der Waals surface area contributed by atoms with Crippen molar-refractivity contribution >= 4 is 28.3 Å². The molecule has 3 aromatic rings. The van der Waals surface area contributed by atoms with E-state index in [4.69, 9.17) is 9.84 Å². The SMILES string of the molecule is CCCC=C(Nc1ccc(CC(=O)O)cc1OC)c1cc2ccccc2[nH]1. The van der Waals surface area contributed by atoms with Gasteiger partial charge in [0.2, 0.25) is 0 Å². The van der Waals surface area contributed by atoms with Gasteiger partial charge in [0.1, 0.15) is 5.75 Å². The van der Waals surface area contributed by atoms with E-state index >= 15 is 0 Å². The second kappa shape index (κ2) is 8.45. The van der Waals surface area contributed by atoms with Crippen LogP contribution in [0.5, 0.6) is 5.75 Å². The normalized spacial score (nSPS) is 11.6. The predicted molar refractivity (Wildman–Crippen MR) is 109 cm³/mol. The number of unbranched alkanes of at least 4 members (excludes halogenated alkanes) is 1. The van der Waals surface area contributed by atoms with Crippen molar-refractivity contribution in [1.82, 2.24) is 4.98 Å². The number of fused-ring (bicyclic) bond motifs is 1. The number of hydrogen-bond acceptors (Lipinski definition) is 3. The summed E-state index contributed by atoms with van der Waals surface area (Å²) < 4.78 is 5.47. The van der Waals surface area contributed by atoms with Crippen molar-refractivity contribution in [3.63, 3.8) is 0 Å². The molecule has 1 heterocycles. The molecule has 27 heavy (non-hydrogen) atoms. The number of ether oxygens (including phenoxy) is 1. The Hall–Kier alpha value is -3.21. The third-order valence-corrected chi connectivity index (χ3v) is 4.35. The maximum atomic E-state index is 10.9. The molecule has 3 N–H and O–H groups in total. The number of aromatic amines is 1. The largest absolute Gasteiger partial charge is 0.495 e. The van der Waals surface area contributed by atoms with Crippen molar-refractivity contribution < 1.29 is 14.6 Å². The Bertz CT molecular complexity index is 940. The third kappa shape index (κ3) is 4.50. The van der Waals surface area contributed by atoms with E-state index in [1.54, 1.807) is 13.2 Å². The molecule has 3 rings (SSSR count). The molecular weight excluding hydrogens is 340 g/mol. The van der Waals surface area contributed by atoms with E-state index < -0.39 is 5.97 Å². The quantitative estimate of drug-likeness (QED) is 0.522. The topological polar surface area (TPSA) is 74.3 Å². The first-order valence-corrected chi connectivity index (χ1v) is 9.04. The number of hydrogen-bond donors (Lipinski definition) is 3. The Labute approximate surface area is 158 Å². The van der Waals surface area contributed by atoms with Crippen LogP contribution in [0.2, 0.25) is 0 Å². The molecule has 0 amide bonds. The zero-order valence-electron chi connectivity index (χ0n) is 15.6. The minimum Gasteiger partial charge on any atom is -0.495 e. The summed E-state index contributed by atoms with van der Waals surface area (Å²) in [5, 5.41) is 13.6. The fourth-order valence-corrected chi connectivity index (χ4v) is 3.00. The molecule has 0 saturated heterocycles. The van der Waals surface area contributed by atoms with E-state index in [1.807, 2.05) is 24.3 Å². The van der Waals surface area contributed by atoms with Crippen molar-refractivity contribution in [2.24, 2.45) is 0 Å². The number of methoxy groups -OCH3 is 1. The molecule has 0 aliphatic heterocycles. The van der Waals surface area contributed by atoms with Crippen LogP contribution in [-0.2, 0) is 11.2 Å². The molecule has 1 aromatic heterocycles. The van der Waals surface area contributed by atoms with E-state index in [0.29, 0.717) is 11.3 Å². The average Bonchev–Trinajstić information content (AvgIpc) is 3.09. The molecule has 0 unspecified atom stereocenters. The highest BCUT2D eigenvalue weighted by Gasteiger charge is 2.11. The zero-order valence-corrected chi connectivity index (χ0v) is 15.6. The zero-order chi connectivity index (χ0) is 19.2. The smallest absolute Gasteiger partial charge is 0.307 e. The molecule has 0 saturated carbocycles. The van der Waals surface area contributed by atoms with Crippen LogP contribution < -0.4 is 10.1 Å². The molecule has 0 fully saturated rings. The molecule has 5 nitrogen and oxygen atoms in total. The molecule has 0 radical (unpaired) electrons. The van der Waals surface area contributed by atoms with Gasteiger partial charge in [0, 0.05) is 10.9 Å². The number of carbonyl (C=O) groups is 1. The Morgan fingerprint density at radius 3 is 2.74 bits per heavy atom. The number of benzene rings is 2. The number of H-pyrrole nitrogens is 1. The summed E-state index contributed by atoms with van der Waals surface area (Å²) in [6.07, 6.45) is 4.11. The first-order chi connectivity index (χ1) is 13.1. The highest BCUT2D eigenvalue weighted by Crippen LogP contribution is 2.30. The lowest BCUT2D eigenvalue weighted by molar-refractivity contribution is -0.136. The van der Waals surface area contributed by atoms with E-state index in [2.05, 4.69) is 41.5 Å². The van der Waals surface area contributed by atoms with Crippen LogP contribution in [0.1, 0.15) is 31.0 Å². The molecule has 2 aromatic carbocycles. The van der Waals surface area contributed by atoms with Crippen LogP contribution >= 0.6 is 0 Å². The molecule has 0 atom stereocenters. The lowest BCUT2D eigenvalue weighted by Crippen LogP contribution is -2.04. The molecular formula is C22H24N2O3. The fourth-order valence-electron chi connectivity index (χ4n) is 3.00. The van der Waals surface area contributed by atoms with Gasteiger partial charge in [-0.3, -0.25) is 4.79 Å². The van der Waals surface area contributed by atoms with E-state index in [1.165, 1.54) is 0 Å². The number of para-hydroxylation sites is 1. The summed E-state index contributed by atoms with van der Waals surface area (Å²) >= 11 is 0. The minimum atomic E-state index is -0.862. The summed E-state index contributed by atoms with van der Waals surface area (Å²) in [5.41, 5.74) is 4.56. The van der Waals surface area contributed by atoms with Gasteiger partial charge in [-0.15, -0.1) is 0 Å². The van der Waals surface area contributed by atoms with E-state index in [-0.39, 0.29) is 6.42 Å². The molecule has 5 heteroatoms. The second-order valence-electron chi connectivity index (χ2n) is 6.41. The predicted octanol–water partition coefficient (Wildman–Crippen LogP) is 5.06. The molecule has 0 aliphatic carbocycles. The molecule has 0 spiro atoms. The number of carboxylic acids is 1. The van der Waals surface area contributed by atoms with Crippen LogP contribution in [0.3, 0.4) is 0 Å². The second-order valence-corrected chi connectivity index (χ2v) is 6.41. The monoisotopic (exact) mass is 364 g/mol. The Morgan fingerprint density at radius 1 is 1.22 bits per heavy atom. The average molecular weight is 364 g/mol. The van der Waals surface area contributed by atoms with Crippen LogP contribution in [0, 0.1) is 0 Å². The van der Waals surface area contributed by atoms with Crippen molar-refractivity contribution in [3.05, 3.63) is 65.9 Å². The van der Waals surface area contributed by atoms with Gasteiger partial charge < -0.3 is 20.1 Å². The maximum Gasteiger partial charge on any atom is 0.307 e. The fraction of sp³-hybridized carbons (Fsp3) is 0.227. The van der Waals surface area contributed by atoms with Gasteiger partial charge in [-0.05, 0) is 36.2 Å². The molecule has 0 aliphatic rings. The number of rotatable bonds is 8. The first kappa shape index (κ1) is 18.6. The van der Waals surface area contributed by atoms with Gasteiger partial charge in [0.25, 0.3) is 0 Å². The van der Waals surface area contributed by atoms with Gasteiger partial charge in [-0.1, -0.05) is 43.7 Å². The highest BCUT2D eigenvalue weighted by atomic mass is 16.5. The summed E-state index contributed by atoms with van der Waals surface area (Å²) in [6.45, 7) is 2.14. The van der Waals surface area contributed by atoms with Gasteiger partial charge in [0.15, 0.2) is 0 Å². The third-order valence-electron chi connectivity index (χ3n) is 4.35. The first-order valence-electron chi connectivity index (χ1n) is 9.04. The number of nitrogens with one attached hydrogen (secondary N) is 2. The standard InChI is InChI=1S/C22H24N2O3/c1-3-4-8-18(20-14-16-7-5-6-9-17(16)23-20)24-19-11-10-15(13-22(25)26)12-21(19)27-2/h5-12,14,23-24H,3-4,13H2,1-2H3,(H,25,26). The summed E-state index contributed by atoms with van der Waals surface area (Å²) in [5.74, 6) is -0.244. The summed E-state index contributed by atoms with van der Waals surface area (Å²) in [4.78, 5) is 14.4. The van der Waals surface area contributed by atoms with Crippen LogP contribution in [0.4, 0.5) is 5.69 Å². The molecule has 140 valence electrons. The molecule has 0 bridgehead atoms. The number of anilines is 1. The van der Waals surface area contributed by atoms with E-state index in [0.717, 1.165) is 40.8 Å². The highest BCUT2D eigenvalue weighted by molar-refractivity contribution is 5.87. The number of aliphatic carboxylic acids is 1. The lowest BCUT2D eigenvalue weighted by Gasteiger charge is -2.15. The van der Waals surface area contributed by atoms with Crippen molar-refractivity contribution in [3.8, 4) is 5.75 Å². The van der Waals surface area contributed by atoms with Gasteiger partial charge in [-0.25, -0.2) is 0 Å². The summed E-state index contributed by atoms with van der Waals surface area (Å²) in [7, 11) is 1.59. The van der Waals surface area contributed by atoms with Gasteiger partial charge in [-0.2, -0.15) is 0 Å². The Kier molecular flexibility index (Phi) is 5.81. The van der Waals surface area contributed by atoms with Crippen molar-refractivity contribution in [2.45, 2.75) is 26.2 Å². The van der Waals surface area contributed by atoms with Crippen molar-refractivity contribution in [1.29, 1.82) is 0 Å². The van der Waals surface area contributed by atoms with Crippen LogP contribution in [0.15, 0.2) is 54.6 Å². The number of carboxylic acid groups (broad SMARTS) is 1. The number of allylic oxidation sites excluding steroid dienone is 1. The van der Waals surface area contributed by atoms with Gasteiger partial charge in [0.05, 0.1) is 30.6 Å². The minimum absolute atomic E-state index is 0.0306. The Morgan fingerprint density at radius 2 is 2.04 bits per heavy atom. The van der Waals surface area contributed by atoms with Crippen LogP contribution in [0.25, 0.3) is 16.6 Å². The van der Waals surface area contributed by atoms with Gasteiger partial charge >= 0.3 is 5.97 Å². The number of aromatic nitrogens is 1.